The van der Waals surface area contributed by atoms with Gasteiger partial charge in [0, 0.05) is 57.5 Å². The van der Waals surface area contributed by atoms with Gasteiger partial charge in [0.05, 0.1) is 28.7 Å². The molecule has 1 saturated heterocycles. The fraction of sp³-hybridized carbons (Fsp3) is 0.522. The van der Waals surface area contributed by atoms with Crippen LogP contribution in [-0.4, -0.2) is 78.6 Å². The van der Waals surface area contributed by atoms with Crippen LogP contribution in [0.4, 0.5) is 5.69 Å². The number of carbonyl (C=O) groups excluding carboxylic acids is 2. The lowest BCUT2D eigenvalue weighted by Gasteiger charge is -2.33. The average Bonchev–Trinajstić information content (AvgIpc) is 2.70. The third-order valence-electron chi connectivity index (χ3n) is 5.70. The molecule has 1 aromatic carbocycles. The first-order valence-electron chi connectivity index (χ1n) is 10.8. The zero-order valence-electron chi connectivity index (χ0n) is 18.5. The van der Waals surface area contributed by atoms with Gasteiger partial charge in [-0.3, -0.25) is 24.4 Å². The topological polar surface area (TPSA) is 85.2 Å². The summed E-state index contributed by atoms with van der Waals surface area (Å²) in [4.78, 5) is 33.3. The zero-order valence-corrected chi connectivity index (χ0v) is 20.0. The highest BCUT2D eigenvalue weighted by atomic mass is 35.5. The monoisotopic (exact) mass is 480 g/mol. The number of aliphatic hydroxyl groups is 1. The Morgan fingerprint density at radius 2 is 1.84 bits per heavy atom. The summed E-state index contributed by atoms with van der Waals surface area (Å²) in [5.74, 6) is 0.00729. The van der Waals surface area contributed by atoms with Crippen molar-refractivity contribution < 1.29 is 14.7 Å². The molecule has 2 aliphatic rings. The van der Waals surface area contributed by atoms with Gasteiger partial charge in [-0.2, -0.15) is 0 Å². The maximum absolute atomic E-state index is 12.3. The molecule has 0 saturated carbocycles. The number of aliphatic imine (C=N–C) groups is 1. The lowest BCUT2D eigenvalue weighted by atomic mass is 9.77. The van der Waals surface area contributed by atoms with Gasteiger partial charge >= 0.3 is 0 Å². The van der Waals surface area contributed by atoms with Crippen LogP contribution in [0.25, 0.3) is 0 Å². The van der Waals surface area contributed by atoms with Crippen LogP contribution in [0.5, 0.6) is 0 Å². The second-order valence-electron chi connectivity index (χ2n) is 9.13. The van der Waals surface area contributed by atoms with Crippen molar-refractivity contribution in [3.8, 4) is 0 Å². The molecule has 1 aliphatic heterocycles. The number of rotatable bonds is 7. The van der Waals surface area contributed by atoms with Crippen LogP contribution < -0.4 is 5.32 Å². The first kappa shape index (κ1) is 24.7. The van der Waals surface area contributed by atoms with E-state index in [1.165, 1.54) is 6.21 Å². The van der Waals surface area contributed by atoms with Crippen molar-refractivity contribution in [2.75, 3.05) is 51.1 Å². The third kappa shape index (κ3) is 7.04. The normalized spacial score (nSPS) is 20.2. The number of halogens is 2. The second-order valence-corrected chi connectivity index (χ2v) is 9.95. The quantitative estimate of drug-likeness (QED) is 0.579. The highest BCUT2D eigenvalue weighted by molar-refractivity contribution is 6.42. The van der Waals surface area contributed by atoms with Gasteiger partial charge in [-0.15, -0.1) is 0 Å². The number of piperazine rings is 1. The van der Waals surface area contributed by atoms with Gasteiger partial charge in [0.1, 0.15) is 5.76 Å². The van der Waals surface area contributed by atoms with Crippen molar-refractivity contribution in [3.63, 3.8) is 0 Å². The Kier molecular flexibility index (Phi) is 8.33. The predicted octanol–water partition coefficient (Wildman–Crippen LogP) is 3.82. The standard InChI is InChI=1S/C23H30Cl2N4O3/c1-23(2)12-20(30)17(21(31)13-23)14-26-5-6-28-7-9-29(10-8-28)15-22(32)27-16-3-4-18(24)19(25)11-16/h3-4,11,14,30H,5-10,12-13,15H2,1-2H3,(H,27,32). The van der Waals surface area contributed by atoms with Gasteiger partial charge in [0.25, 0.3) is 0 Å². The van der Waals surface area contributed by atoms with Gasteiger partial charge in [-0.05, 0) is 23.6 Å². The molecule has 0 spiro atoms. The highest BCUT2D eigenvalue weighted by Gasteiger charge is 2.32. The fourth-order valence-electron chi connectivity index (χ4n) is 3.95. The Morgan fingerprint density at radius 3 is 2.50 bits per heavy atom. The van der Waals surface area contributed by atoms with Gasteiger partial charge in [0.15, 0.2) is 5.78 Å². The molecule has 1 heterocycles. The Bertz CT molecular complexity index is 922. The van der Waals surface area contributed by atoms with E-state index >= 15 is 0 Å². The molecule has 9 heteroatoms. The van der Waals surface area contributed by atoms with Crippen LogP contribution in [-0.2, 0) is 9.59 Å². The minimum Gasteiger partial charge on any atom is -0.511 e. The van der Waals surface area contributed by atoms with Crippen LogP contribution in [0.15, 0.2) is 34.5 Å². The van der Waals surface area contributed by atoms with E-state index in [0.29, 0.717) is 47.2 Å². The largest absolute Gasteiger partial charge is 0.511 e. The van der Waals surface area contributed by atoms with Crippen LogP contribution in [0.2, 0.25) is 10.0 Å². The van der Waals surface area contributed by atoms with E-state index in [4.69, 9.17) is 23.2 Å². The molecular formula is C23H30Cl2N4O3. The number of nitrogens with zero attached hydrogens (tertiary/aromatic N) is 3. The van der Waals surface area contributed by atoms with E-state index in [2.05, 4.69) is 20.1 Å². The SMILES string of the molecule is CC1(C)CC(=O)C(C=NCCN2CCN(CC(=O)Nc3ccc(Cl)c(Cl)c3)CC2)=C(O)C1. The number of amides is 1. The van der Waals surface area contributed by atoms with Crippen LogP contribution in [0.3, 0.4) is 0 Å². The summed E-state index contributed by atoms with van der Waals surface area (Å²) in [7, 11) is 0. The number of hydrogen-bond donors (Lipinski definition) is 2. The molecule has 2 N–H and O–H groups in total. The number of hydrogen-bond acceptors (Lipinski definition) is 6. The van der Waals surface area contributed by atoms with Crippen molar-refractivity contribution in [1.82, 2.24) is 9.80 Å². The molecule has 1 amide bonds. The Morgan fingerprint density at radius 1 is 1.16 bits per heavy atom. The maximum Gasteiger partial charge on any atom is 0.238 e. The van der Waals surface area contributed by atoms with Crippen LogP contribution in [0.1, 0.15) is 26.7 Å². The molecule has 1 aromatic rings. The fourth-order valence-corrected chi connectivity index (χ4v) is 4.25. The van der Waals surface area contributed by atoms with E-state index in [9.17, 15) is 14.7 Å². The summed E-state index contributed by atoms with van der Waals surface area (Å²) in [6.07, 6.45) is 2.45. The molecule has 1 fully saturated rings. The van der Waals surface area contributed by atoms with Crippen molar-refractivity contribution >= 4 is 46.8 Å². The van der Waals surface area contributed by atoms with Gasteiger partial charge in [-0.25, -0.2) is 0 Å². The zero-order chi connectivity index (χ0) is 23.3. The van der Waals surface area contributed by atoms with Crippen molar-refractivity contribution in [2.45, 2.75) is 26.7 Å². The Labute approximate surface area is 199 Å². The van der Waals surface area contributed by atoms with E-state index in [0.717, 1.165) is 32.7 Å². The van der Waals surface area contributed by atoms with Crippen molar-refractivity contribution in [3.05, 3.63) is 39.6 Å². The van der Waals surface area contributed by atoms with E-state index in [1.807, 2.05) is 13.8 Å². The first-order chi connectivity index (χ1) is 15.1. The summed E-state index contributed by atoms with van der Waals surface area (Å²) in [5.41, 5.74) is 0.779. The Hall–Kier alpha value is -1.93. The Balaban J connectivity index is 1.38. The summed E-state index contributed by atoms with van der Waals surface area (Å²) in [6, 6.07) is 5.02. The average molecular weight is 481 g/mol. The lowest BCUT2D eigenvalue weighted by Crippen LogP contribution is -2.49. The third-order valence-corrected chi connectivity index (χ3v) is 6.44. The molecule has 0 aromatic heterocycles. The minimum absolute atomic E-state index is 0.0461. The number of anilines is 1. The second kappa shape index (κ2) is 10.8. The summed E-state index contributed by atoms with van der Waals surface area (Å²) in [5, 5.41) is 13.9. The minimum atomic E-state index is -0.197. The van der Waals surface area contributed by atoms with Crippen LogP contribution in [0, 0.1) is 5.41 Å². The number of nitrogens with one attached hydrogen (secondary N) is 1. The first-order valence-corrected chi connectivity index (χ1v) is 11.5. The molecule has 32 heavy (non-hydrogen) atoms. The molecule has 0 radical (unpaired) electrons. The number of Topliss-reactive ketones (excluding diaryl/α,β-unsaturated/α-hetero) is 1. The summed E-state index contributed by atoms with van der Waals surface area (Å²) in [6.45, 7) is 8.87. The number of aliphatic hydroxyl groups excluding tert-OH is 1. The number of ketones is 1. The highest BCUT2D eigenvalue weighted by Crippen LogP contribution is 2.35. The van der Waals surface area contributed by atoms with Crippen molar-refractivity contribution in [2.24, 2.45) is 10.4 Å². The van der Waals surface area contributed by atoms with Gasteiger partial charge < -0.3 is 10.4 Å². The summed E-state index contributed by atoms with van der Waals surface area (Å²) < 4.78 is 0. The van der Waals surface area contributed by atoms with E-state index in [-0.39, 0.29) is 22.9 Å². The molecule has 1 aliphatic carbocycles. The molecule has 0 bridgehead atoms. The summed E-state index contributed by atoms with van der Waals surface area (Å²) >= 11 is 11.9. The van der Waals surface area contributed by atoms with Gasteiger partial charge in [0.2, 0.25) is 5.91 Å². The predicted molar refractivity (Wildman–Crippen MR) is 129 cm³/mol. The number of carbonyl (C=O) groups is 2. The number of allylic oxidation sites excluding steroid dienone is 2. The molecule has 3 rings (SSSR count). The molecular weight excluding hydrogens is 451 g/mol. The van der Waals surface area contributed by atoms with E-state index < -0.39 is 0 Å². The molecule has 7 nitrogen and oxygen atoms in total. The lowest BCUT2D eigenvalue weighted by molar-refractivity contribution is -0.118. The molecule has 0 unspecified atom stereocenters. The molecule has 0 atom stereocenters. The molecule has 174 valence electrons. The van der Waals surface area contributed by atoms with Gasteiger partial charge in [-0.1, -0.05) is 37.0 Å². The van der Waals surface area contributed by atoms with E-state index in [1.54, 1.807) is 18.2 Å². The van der Waals surface area contributed by atoms with Crippen LogP contribution >= 0.6 is 23.2 Å². The smallest absolute Gasteiger partial charge is 0.238 e. The van der Waals surface area contributed by atoms with Crippen molar-refractivity contribution in [1.29, 1.82) is 0 Å². The number of benzene rings is 1. The maximum atomic E-state index is 12.3.